The highest BCUT2D eigenvalue weighted by molar-refractivity contribution is 5.83. The number of fused-ring (bicyclic) bond motifs is 1. The van der Waals surface area contributed by atoms with Gasteiger partial charge in [0.25, 0.3) is 0 Å². The Balaban J connectivity index is 2.46. The van der Waals surface area contributed by atoms with Crippen molar-refractivity contribution in [1.29, 1.82) is 0 Å². The number of amides is 1. The lowest BCUT2D eigenvalue weighted by Gasteiger charge is -2.03. The van der Waals surface area contributed by atoms with Crippen molar-refractivity contribution in [2.75, 3.05) is 10.5 Å². The van der Waals surface area contributed by atoms with Crippen molar-refractivity contribution in [3.63, 3.8) is 0 Å². The number of nitrogens with one attached hydrogen (secondary N) is 1. The number of carbonyl (C=O) groups excluding carboxylic acids is 1. The van der Waals surface area contributed by atoms with Gasteiger partial charge in [0.1, 0.15) is 5.69 Å². The molecule has 1 N–H and O–H groups in total. The lowest BCUT2D eigenvalue weighted by Crippen LogP contribution is -2.16. The number of hydrogen-bond acceptors (Lipinski definition) is 3. The molecule has 0 atom stereocenters. The van der Waals surface area contributed by atoms with Gasteiger partial charge in [0, 0.05) is 0 Å². The van der Waals surface area contributed by atoms with Crippen molar-refractivity contribution in [3.8, 4) is 0 Å². The first-order chi connectivity index (χ1) is 5.42. The summed E-state index contributed by atoms with van der Waals surface area (Å²) in [4.78, 5) is 15.1. The Morgan fingerprint density at radius 1 is 1.45 bits per heavy atom. The normalized spacial score (nSPS) is 14.0. The average Bonchev–Trinajstić information content (AvgIpc) is 2.47. The standard InChI is InChI=1S/C7H6N2O2/c10-5-9-7-4-2-1-3-6(7)8-11-9/h1-5,8H. The van der Waals surface area contributed by atoms with Crippen LogP contribution < -0.4 is 10.5 Å². The van der Waals surface area contributed by atoms with E-state index in [1.165, 1.54) is 0 Å². The fraction of sp³-hybridized carbons (Fsp3) is 0. The van der Waals surface area contributed by atoms with Crippen molar-refractivity contribution in [2.24, 2.45) is 0 Å². The summed E-state index contributed by atoms with van der Waals surface area (Å²) in [6, 6.07) is 7.33. The molecule has 0 fully saturated rings. The van der Waals surface area contributed by atoms with Gasteiger partial charge in [0.2, 0.25) is 6.41 Å². The van der Waals surface area contributed by atoms with E-state index in [4.69, 9.17) is 4.94 Å². The molecule has 0 unspecified atom stereocenters. The van der Waals surface area contributed by atoms with Crippen LogP contribution in [0.25, 0.3) is 0 Å². The number of nitrogens with zero attached hydrogens (tertiary/aromatic N) is 1. The highest BCUT2D eigenvalue weighted by atomic mass is 16.8. The van der Waals surface area contributed by atoms with Crippen molar-refractivity contribution >= 4 is 17.8 Å². The fourth-order valence-electron chi connectivity index (χ4n) is 0.978. The highest BCUT2D eigenvalue weighted by Crippen LogP contribution is 2.29. The number of benzene rings is 1. The maximum Gasteiger partial charge on any atom is 0.240 e. The molecule has 1 amide bonds. The Morgan fingerprint density at radius 3 is 3.09 bits per heavy atom. The first-order valence-corrected chi connectivity index (χ1v) is 3.18. The summed E-state index contributed by atoms with van der Waals surface area (Å²) >= 11 is 0. The summed E-state index contributed by atoms with van der Waals surface area (Å²) in [7, 11) is 0. The number of anilines is 2. The predicted molar refractivity (Wildman–Crippen MR) is 39.7 cm³/mol. The van der Waals surface area contributed by atoms with E-state index in [9.17, 15) is 4.79 Å². The van der Waals surface area contributed by atoms with Crippen molar-refractivity contribution in [3.05, 3.63) is 24.3 Å². The first kappa shape index (κ1) is 6.18. The van der Waals surface area contributed by atoms with Gasteiger partial charge in [0.05, 0.1) is 5.69 Å². The summed E-state index contributed by atoms with van der Waals surface area (Å²) in [5.41, 5.74) is 4.14. The molecule has 0 bridgehead atoms. The van der Waals surface area contributed by atoms with Crippen LogP contribution in [0, 0.1) is 0 Å². The molecule has 0 aromatic heterocycles. The minimum Gasteiger partial charge on any atom is -0.276 e. The van der Waals surface area contributed by atoms with E-state index >= 15 is 0 Å². The lowest BCUT2D eigenvalue weighted by atomic mass is 10.3. The number of hydroxylamine groups is 1. The molecule has 11 heavy (non-hydrogen) atoms. The van der Waals surface area contributed by atoms with E-state index < -0.39 is 0 Å². The number of para-hydroxylation sites is 2. The Morgan fingerprint density at radius 2 is 2.27 bits per heavy atom. The molecule has 1 aliphatic rings. The molecule has 4 nitrogen and oxygen atoms in total. The molecular weight excluding hydrogens is 144 g/mol. The van der Waals surface area contributed by atoms with Crippen LogP contribution in [0.3, 0.4) is 0 Å². The molecule has 0 radical (unpaired) electrons. The van der Waals surface area contributed by atoms with Crippen molar-refractivity contribution < 1.29 is 9.73 Å². The van der Waals surface area contributed by atoms with Gasteiger partial charge in [-0.1, -0.05) is 12.1 Å². The third kappa shape index (κ3) is 0.841. The van der Waals surface area contributed by atoms with Gasteiger partial charge in [-0.25, -0.2) is 5.48 Å². The smallest absolute Gasteiger partial charge is 0.240 e. The fourth-order valence-corrected chi connectivity index (χ4v) is 0.978. The summed E-state index contributed by atoms with van der Waals surface area (Å²) in [6.07, 6.45) is 0.610. The van der Waals surface area contributed by atoms with E-state index in [2.05, 4.69) is 5.48 Å². The first-order valence-electron chi connectivity index (χ1n) is 3.18. The largest absolute Gasteiger partial charge is 0.276 e. The van der Waals surface area contributed by atoms with Gasteiger partial charge >= 0.3 is 0 Å². The van der Waals surface area contributed by atoms with E-state index in [1.54, 1.807) is 6.07 Å². The van der Waals surface area contributed by atoms with Gasteiger partial charge < -0.3 is 0 Å². The minimum absolute atomic E-state index is 0.610. The van der Waals surface area contributed by atoms with E-state index in [-0.39, 0.29) is 0 Å². The summed E-state index contributed by atoms with van der Waals surface area (Å²) in [5.74, 6) is 0. The van der Waals surface area contributed by atoms with Crippen LogP contribution in [-0.2, 0) is 9.73 Å². The van der Waals surface area contributed by atoms with Crippen LogP contribution in [0.4, 0.5) is 11.4 Å². The van der Waals surface area contributed by atoms with Gasteiger partial charge in [-0.15, -0.1) is 4.94 Å². The third-order valence-corrected chi connectivity index (χ3v) is 1.49. The molecule has 1 aromatic rings. The number of carbonyl (C=O) groups is 1. The molecule has 1 aromatic carbocycles. The maximum absolute atomic E-state index is 10.3. The number of rotatable bonds is 1. The number of hydrogen-bond donors (Lipinski definition) is 1. The monoisotopic (exact) mass is 150 g/mol. The summed E-state index contributed by atoms with van der Waals surface area (Å²) < 4.78 is 0. The molecular formula is C7H6N2O2. The van der Waals surface area contributed by atoms with Crippen LogP contribution in [0.1, 0.15) is 0 Å². The molecule has 1 heterocycles. The zero-order valence-electron chi connectivity index (χ0n) is 5.65. The van der Waals surface area contributed by atoms with E-state index in [0.717, 1.165) is 16.4 Å². The SMILES string of the molecule is O=CN1ONc2ccccc21. The third-order valence-electron chi connectivity index (χ3n) is 1.49. The quantitative estimate of drug-likeness (QED) is 0.605. The van der Waals surface area contributed by atoms with Crippen molar-refractivity contribution in [2.45, 2.75) is 0 Å². The van der Waals surface area contributed by atoms with Crippen LogP contribution in [0.15, 0.2) is 24.3 Å². The second-order valence-corrected chi connectivity index (χ2v) is 2.14. The van der Waals surface area contributed by atoms with Gasteiger partial charge in [-0.05, 0) is 12.1 Å². The molecule has 0 saturated heterocycles. The predicted octanol–water partition coefficient (Wildman–Crippen LogP) is 0.921. The molecule has 0 aliphatic carbocycles. The minimum atomic E-state index is 0.610. The van der Waals surface area contributed by atoms with E-state index in [1.807, 2.05) is 18.2 Å². The lowest BCUT2D eigenvalue weighted by molar-refractivity contribution is -0.112. The van der Waals surface area contributed by atoms with E-state index in [0.29, 0.717) is 6.41 Å². The topological polar surface area (TPSA) is 41.6 Å². The molecule has 2 rings (SSSR count). The summed E-state index contributed by atoms with van der Waals surface area (Å²) in [6.45, 7) is 0. The van der Waals surface area contributed by atoms with Gasteiger partial charge in [0.15, 0.2) is 0 Å². The second-order valence-electron chi connectivity index (χ2n) is 2.14. The highest BCUT2D eigenvalue weighted by Gasteiger charge is 2.17. The maximum atomic E-state index is 10.3. The van der Waals surface area contributed by atoms with Gasteiger partial charge in [-0.3, -0.25) is 4.79 Å². The van der Waals surface area contributed by atoms with Gasteiger partial charge in [-0.2, -0.15) is 5.06 Å². The average molecular weight is 150 g/mol. The second kappa shape index (κ2) is 2.25. The van der Waals surface area contributed by atoms with Crippen LogP contribution in [0.2, 0.25) is 0 Å². The zero-order chi connectivity index (χ0) is 7.68. The molecule has 0 spiro atoms. The molecule has 56 valence electrons. The zero-order valence-corrected chi connectivity index (χ0v) is 5.65. The Hall–Kier alpha value is -1.55. The molecule has 1 aliphatic heterocycles. The molecule has 0 saturated carbocycles. The molecule has 4 heteroatoms. The Kier molecular flexibility index (Phi) is 1.26. The van der Waals surface area contributed by atoms with Crippen LogP contribution in [0.5, 0.6) is 0 Å². The Labute approximate surface area is 63.3 Å². The Bertz CT molecular complexity index is 288. The summed E-state index contributed by atoms with van der Waals surface area (Å²) in [5, 5.41) is 1.13. The van der Waals surface area contributed by atoms with Crippen molar-refractivity contribution in [1.82, 2.24) is 0 Å². The van der Waals surface area contributed by atoms with Crippen LogP contribution >= 0.6 is 0 Å². The van der Waals surface area contributed by atoms with Crippen LogP contribution in [-0.4, -0.2) is 6.41 Å².